The average Bonchev–Trinajstić information content (AvgIpc) is 3.04. The molecule has 108 valence electrons. The van der Waals surface area contributed by atoms with Gasteiger partial charge < -0.3 is 9.88 Å². The molecule has 3 rings (SSSR count). The number of aromatic nitrogens is 1. The highest BCUT2D eigenvalue weighted by Gasteiger charge is 2.25. The number of likely N-dealkylation sites (tertiary alicyclic amines) is 1. The molecule has 1 saturated heterocycles. The summed E-state index contributed by atoms with van der Waals surface area (Å²) in [5.74, 6) is -0.00139. The third-order valence-electron chi connectivity index (χ3n) is 4.30. The number of benzene rings is 1. The van der Waals surface area contributed by atoms with Crippen LogP contribution in [0.25, 0.3) is 10.9 Å². The molecule has 0 unspecified atom stereocenters. The largest absolute Gasteiger partial charge is 0.358 e. The number of likely N-dealkylation sites (N-methyl/N-ethyl adjacent to an activating group) is 1. The van der Waals surface area contributed by atoms with Crippen molar-refractivity contribution in [2.75, 3.05) is 13.5 Å². The van der Waals surface area contributed by atoms with Crippen molar-refractivity contribution in [3.05, 3.63) is 35.3 Å². The van der Waals surface area contributed by atoms with Gasteiger partial charge in [0, 0.05) is 26.8 Å². The molecule has 0 aliphatic carbocycles. The maximum absolute atomic E-state index is 14.4. The Balaban J connectivity index is 2.03. The third-order valence-corrected chi connectivity index (χ3v) is 4.30. The van der Waals surface area contributed by atoms with Crippen molar-refractivity contribution in [3.63, 3.8) is 0 Å². The van der Waals surface area contributed by atoms with Crippen molar-refractivity contribution < 1.29 is 8.50 Å². The average molecular weight is 277 g/mol. The number of aromatic amines is 1. The summed E-state index contributed by atoms with van der Waals surface area (Å²) in [6.45, 7) is 2.65. The van der Waals surface area contributed by atoms with E-state index in [2.05, 4.69) is 18.8 Å². The van der Waals surface area contributed by atoms with E-state index >= 15 is 0 Å². The maximum atomic E-state index is 14.4. The summed E-state index contributed by atoms with van der Waals surface area (Å²) in [5.41, 5.74) is 2.75. The van der Waals surface area contributed by atoms with Crippen LogP contribution in [-0.4, -0.2) is 29.4 Å². The van der Waals surface area contributed by atoms with E-state index in [0.29, 0.717) is 18.4 Å². The van der Waals surface area contributed by atoms with Crippen LogP contribution in [0.1, 0.15) is 48.0 Å². The molecular weight excluding hydrogens is 251 g/mol. The Hall–Kier alpha value is -1.35. The molecule has 0 amide bonds. The van der Waals surface area contributed by atoms with Gasteiger partial charge in [0.2, 0.25) is 0 Å². The van der Waals surface area contributed by atoms with Gasteiger partial charge in [-0.1, -0.05) is 19.9 Å². The standard InChI is InChI=1S/C17H23FN2/c1-11(2)17-13(10-12-6-5-9-20(12)3)16-14(18)7-4-8-15(16)19-17/h4,7-8,11-12,19H,5-6,9-10H2,1-3H3/t12-/m1/s1/i3D3. The van der Waals surface area contributed by atoms with Crippen molar-refractivity contribution in [1.82, 2.24) is 9.88 Å². The van der Waals surface area contributed by atoms with Gasteiger partial charge in [0.15, 0.2) is 0 Å². The molecule has 20 heavy (non-hydrogen) atoms. The number of fused-ring (bicyclic) bond motifs is 1. The molecule has 2 nitrogen and oxygen atoms in total. The second kappa shape index (κ2) is 5.21. The first-order chi connectivity index (χ1) is 10.8. The van der Waals surface area contributed by atoms with Crippen molar-refractivity contribution in [2.45, 2.75) is 45.1 Å². The van der Waals surface area contributed by atoms with Crippen LogP contribution in [0.2, 0.25) is 0 Å². The molecule has 3 heteroatoms. The predicted molar refractivity (Wildman–Crippen MR) is 81.7 cm³/mol. The third kappa shape index (κ3) is 2.24. The van der Waals surface area contributed by atoms with Crippen molar-refractivity contribution in [1.29, 1.82) is 0 Å². The molecule has 1 fully saturated rings. The fourth-order valence-corrected chi connectivity index (χ4v) is 3.28. The Morgan fingerprint density at radius 2 is 2.35 bits per heavy atom. The van der Waals surface area contributed by atoms with E-state index in [1.165, 1.54) is 6.07 Å². The summed E-state index contributed by atoms with van der Waals surface area (Å²) in [5, 5.41) is 0.619. The molecule has 1 aliphatic heterocycles. The van der Waals surface area contributed by atoms with E-state index in [-0.39, 0.29) is 17.8 Å². The number of hydrogen-bond donors (Lipinski definition) is 1. The molecular formula is C17H23FN2. The minimum atomic E-state index is -2.08. The first-order valence-corrected chi connectivity index (χ1v) is 7.34. The molecule has 1 aromatic heterocycles. The highest BCUT2D eigenvalue weighted by molar-refractivity contribution is 5.85. The van der Waals surface area contributed by atoms with Gasteiger partial charge in [-0.25, -0.2) is 4.39 Å². The zero-order valence-corrected chi connectivity index (χ0v) is 12.0. The minimum absolute atomic E-state index is 0.0568. The normalized spacial score (nSPS) is 23.2. The minimum Gasteiger partial charge on any atom is -0.358 e. The van der Waals surface area contributed by atoms with Crippen LogP contribution in [0.5, 0.6) is 0 Å². The van der Waals surface area contributed by atoms with Crippen LogP contribution in [-0.2, 0) is 6.42 Å². The van der Waals surface area contributed by atoms with Gasteiger partial charge in [-0.3, -0.25) is 0 Å². The molecule has 0 radical (unpaired) electrons. The Morgan fingerprint density at radius 3 is 3.10 bits per heavy atom. The fourth-order valence-electron chi connectivity index (χ4n) is 3.28. The zero-order chi connectivity index (χ0) is 16.8. The lowest BCUT2D eigenvalue weighted by Gasteiger charge is -2.20. The summed E-state index contributed by atoms with van der Waals surface area (Å²) in [6.07, 6.45) is 2.30. The van der Waals surface area contributed by atoms with E-state index in [9.17, 15) is 4.39 Å². The van der Waals surface area contributed by atoms with Crippen molar-refractivity contribution in [3.8, 4) is 0 Å². The van der Waals surface area contributed by atoms with Gasteiger partial charge in [0.25, 0.3) is 0 Å². The second-order valence-corrected chi connectivity index (χ2v) is 6.03. The van der Waals surface area contributed by atoms with Crippen LogP contribution in [0.3, 0.4) is 0 Å². The number of hydrogen-bond acceptors (Lipinski definition) is 1. The summed E-state index contributed by atoms with van der Waals surface area (Å²) >= 11 is 0. The quantitative estimate of drug-likeness (QED) is 0.896. The van der Waals surface area contributed by atoms with E-state index in [1.54, 1.807) is 11.0 Å². The topological polar surface area (TPSA) is 19.0 Å². The second-order valence-electron chi connectivity index (χ2n) is 6.03. The molecule has 2 aromatic rings. The molecule has 0 bridgehead atoms. The fraction of sp³-hybridized carbons (Fsp3) is 0.529. The van der Waals surface area contributed by atoms with Gasteiger partial charge in [-0.15, -0.1) is 0 Å². The number of nitrogens with zero attached hydrogens (tertiary/aromatic N) is 1. The van der Waals surface area contributed by atoms with E-state index in [4.69, 9.17) is 4.11 Å². The molecule has 1 aliphatic rings. The molecule has 1 atom stereocenters. The lowest BCUT2D eigenvalue weighted by atomic mass is 9.96. The predicted octanol–water partition coefficient (Wildman–Crippen LogP) is 4.07. The Labute approximate surface area is 124 Å². The Kier molecular flexibility index (Phi) is 2.71. The van der Waals surface area contributed by atoms with Crippen LogP contribution < -0.4 is 0 Å². The molecule has 0 spiro atoms. The van der Waals surface area contributed by atoms with Crippen molar-refractivity contribution in [2.24, 2.45) is 0 Å². The molecule has 1 N–H and O–H groups in total. The first kappa shape index (κ1) is 10.4. The van der Waals surface area contributed by atoms with E-state index < -0.39 is 6.98 Å². The first-order valence-electron chi connectivity index (χ1n) is 8.84. The summed E-state index contributed by atoms with van der Waals surface area (Å²) in [6, 6.07) is 5.00. The van der Waals surface area contributed by atoms with Crippen LogP contribution in [0.4, 0.5) is 4.39 Å². The van der Waals surface area contributed by atoms with Crippen molar-refractivity contribution >= 4 is 10.9 Å². The highest BCUT2D eigenvalue weighted by atomic mass is 19.1. The number of H-pyrrole nitrogens is 1. The molecule has 0 saturated carbocycles. The smallest absolute Gasteiger partial charge is 0.132 e. The van der Waals surface area contributed by atoms with Gasteiger partial charge in [-0.05, 0) is 56.4 Å². The maximum Gasteiger partial charge on any atom is 0.132 e. The monoisotopic (exact) mass is 277 g/mol. The van der Waals surface area contributed by atoms with E-state index in [0.717, 1.165) is 29.6 Å². The lowest BCUT2D eigenvalue weighted by molar-refractivity contribution is 0.309. The van der Waals surface area contributed by atoms with Crippen LogP contribution >= 0.6 is 0 Å². The Morgan fingerprint density at radius 1 is 1.50 bits per heavy atom. The van der Waals surface area contributed by atoms with Gasteiger partial charge in [0.1, 0.15) is 5.82 Å². The molecule has 1 aromatic carbocycles. The van der Waals surface area contributed by atoms with Crippen LogP contribution in [0, 0.1) is 5.82 Å². The SMILES string of the molecule is [2H]C([2H])([2H])N1CCC[C@@H]1Cc1c(C(C)C)[nH]c2cccc(F)c12. The lowest BCUT2D eigenvalue weighted by Crippen LogP contribution is -2.27. The summed E-state index contributed by atoms with van der Waals surface area (Å²) in [4.78, 5) is 4.93. The van der Waals surface area contributed by atoms with E-state index in [1.807, 2.05) is 6.07 Å². The van der Waals surface area contributed by atoms with Crippen LogP contribution in [0.15, 0.2) is 18.2 Å². The van der Waals surface area contributed by atoms with Gasteiger partial charge >= 0.3 is 0 Å². The summed E-state index contributed by atoms with van der Waals surface area (Å²) < 4.78 is 37.5. The number of nitrogens with one attached hydrogen (secondary N) is 1. The molecule has 2 heterocycles. The Bertz CT molecular complexity index is 706. The number of halogens is 1. The van der Waals surface area contributed by atoms with Gasteiger partial charge in [-0.2, -0.15) is 0 Å². The zero-order valence-electron chi connectivity index (χ0n) is 15.0. The summed E-state index contributed by atoms with van der Waals surface area (Å²) in [7, 11) is 0. The number of rotatable bonds is 3. The highest BCUT2D eigenvalue weighted by Crippen LogP contribution is 2.32. The van der Waals surface area contributed by atoms with Gasteiger partial charge in [0.05, 0.1) is 0 Å².